The molecule has 3 N–H and O–H groups in total. The number of halogens is 1. The molecule has 0 aliphatic carbocycles. The van der Waals surface area contributed by atoms with Crippen molar-refractivity contribution in [3.63, 3.8) is 0 Å². The van der Waals surface area contributed by atoms with E-state index in [1.807, 2.05) is 42.3 Å². The van der Waals surface area contributed by atoms with Gasteiger partial charge in [0.1, 0.15) is 17.5 Å². The molecule has 6 heterocycles. The smallest absolute Gasteiger partial charge is 0.153 e. The number of anilines is 3. The highest BCUT2D eigenvalue weighted by molar-refractivity contribution is 5.90. The minimum absolute atomic E-state index is 0.293. The SMILES string of the molecule is Cc1c(NC2CNC2)cncc1-c1cc2cc(Nc3cc4n(n3)Cc3nccn3CC4)ncc2cc1F. The van der Waals surface area contributed by atoms with Crippen LogP contribution >= 0.6 is 0 Å². The molecule has 0 spiro atoms. The molecule has 0 amide bonds. The van der Waals surface area contributed by atoms with Gasteiger partial charge in [0, 0.05) is 79.1 Å². The highest BCUT2D eigenvalue weighted by atomic mass is 19.1. The summed E-state index contributed by atoms with van der Waals surface area (Å²) in [6, 6.07) is 7.77. The molecule has 0 bridgehead atoms. The molecule has 2 aliphatic heterocycles. The monoisotopic (exact) mass is 495 g/mol. The number of hydrogen-bond donors (Lipinski definition) is 3. The molecule has 0 unspecified atom stereocenters. The maximum atomic E-state index is 15.2. The second-order valence-electron chi connectivity index (χ2n) is 9.70. The third-order valence-electron chi connectivity index (χ3n) is 7.28. The van der Waals surface area contributed by atoms with Crippen LogP contribution in [0.3, 0.4) is 0 Å². The molecule has 186 valence electrons. The van der Waals surface area contributed by atoms with Crippen molar-refractivity contribution >= 4 is 28.1 Å². The molecular weight excluding hydrogens is 469 g/mol. The number of hydrogen-bond acceptors (Lipinski definition) is 7. The van der Waals surface area contributed by atoms with Crippen LogP contribution in [0.4, 0.5) is 21.7 Å². The van der Waals surface area contributed by atoms with Crippen LogP contribution in [0.5, 0.6) is 0 Å². The predicted molar refractivity (Wildman–Crippen MR) is 140 cm³/mol. The first kappa shape index (κ1) is 21.9. The lowest BCUT2D eigenvalue weighted by Gasteiger charge is -2.29. The second kappa shape index (κ2) is 8.67. The summed E-state index contributed by atoms with van der Waals surface area (Å²) in [5, 5.41) is 16.4. The average molecular weight is 496 g/mol. The summed E-state index contributed by atoms with van der Waals surface area (Å²) < 4.78 is 19.4. The van der Waals surface area contributed by atoms with E-state index in [9.17, 15) is 0 Å². The summed E-state index contributed by atoms with van der Waals surface area (Å²) in [5.41, 5.74) is 4.36. The van der Waals surface area contributed by atoms with E-state index in [4.69, 9.17) is 5.10 Å². The van der Waals surface area contributed by atoms with Gasteiger partial charge in [0.2, 0.25) is 0 Å². The highest BCUT2D eigenvalue weighted by Crippen LogP contribution is 2.33. The molecule has 0 radical (unpaired) electrons. The Morgan fingerprint density at radius 3 is 2.78 bits per heavy atom. The number of pyridine rings is 2. The number of nitrogens with zero attached hydrogens (tertiary/aromatic N) is 6. The van der Waals surface area contributed by atoms with Gasteiger partial charge in [0.05, 0.1) is 24.5 Å². The Kier molecular flexibility index (Phi) is 5.14. The van der Waals surface area contributed by atoms with Gasteiger partial charge in [-0.05, 0) is 36.1 Å². The molecule has 4 aromatic heterocycles. The van der Waals surface area contributed by atoms with E-state index in [0.29, 0.717) is 24.0 Å². The van der Waals surface area contributed by atoms with Crippen molar-refractivity contribution < 1.29 is 4.39 Å². The number of fused-ring (bicyclic) bond motifs is 3. The Morgan fingerprint density at radius 1 is 1.00 bits per heavy atom. The molecule has 1 aromatic carbocycles. The van der Waals surface area contributed by atoms with E-state index < -0.39 is 0 Å². The maximum Gasteiger partial charge on any atom is 0.153 e. The van der Waals surface area contributed by atoms with E-state index in [1.54, 1.807) is 12.4 Å². The van der Waals surface area contributed by atoms with Crippen molar-refractivity contribution in [2.24, 2.45) is 0 Å². The van der Waals surface area contributed by atoms with E-state index in [0.717, 1.165) is 71.0 Å². The van der Waals surface area contributed by atoms with Crippen molar-refractivity contribution in [3.05, 3.63) is 78.1 Å². The van der Waals surface area contributed by atoms with Gasteiger partial charge in [0.15, 0.2) is 5.82 Å². The minimum Gasteiger partial charge on any atom is -0.378 e. The van der Waals surface area contributed by atoms with Crippen molar-refractivity contribution in [2.75, 3.05) is 23.7 Å². The van der Waals surface area contributed by atoms with Gasteiger partial charge in [-0.3, -0.25) is 9.67 Å². The van der Waals surface area contributed by atoms with Crippen LogP contribution in [0.15, 0.2) is 55.2 Å². The van der Waals surface area contributed by atoms with Crippen LogP contribution in [0, 0.1) is 12.7 Å². The summed E-state index contributed by atoms with van der Waals surface area (Å²) in [6.45, 7) is 5.35. The lowest BCUT2D eigenvalue weighted by atomic mass is 9.98. The van der Waals surface area contributed by atoms with Gasteiger partial charge >= 0.3 is 0 Å². The zero-order valence-corrected chi connectivity index (χ0v) is 20.4. The molecule has 0 atom stereocenters. The Labute approximate surface area is 212 Å². The van der Waals surface area contributed by atoms with E-state index in [-0.39, 0.29) is 5.82 Å². The van der Waals surface area contributed by atoms with Crippen LogP contribution in [0.2, 0.25) is 0 Å². The van der Waals surface area contributed by atoms with Gasteiger partial charge in [-0.1, -0.05) is 0 Å². The zero-order chi connectivity index (χ0) is 24.9. The normalized spacial score (nSPS) is 15.1. The fourth-order valence-electron chi connectivity index (χ4n) is 5.04. The minimum atomic E-state index is -0.293. The standard InChI is InChI=1S/C27H26FN9/c1-16-22(13-30-14-24(16)33-19-11-29-12-19)21-6-17-8-25(32-10-18(17)7-23(21)28)34-26-9-20-2-4-36-5-3-31-27(36)15-37(20)35-26/h3,5-10,13-14,19,29,33H,2,4,11-12,15H2,1H3,(H,32,34,35). The van der Waals surface area contributed by atoms with E-state index in [1.165, 1.54) is 6.07 Å². The van der Waals surface area contributed by atoms with E-state index in [2.05, 4.69) is 41.5 Å². The molecule has 9 nitrogen and oxygen atoms in total. The first-order valence-electron chi connectivity index (χ1n) is 12.5. The fraction of sp³-hybridized carbons (Fsp3) is 0.259. The molecular formula is C27H26FN9. The fourth-order valence-corrected chi connectivity index (χ4v) is 5.04. The number of imidazole rings is 1. The Hall–Kier alpha value is -4.31. The predicted octanol–water partition coefficient (Wildman–Crippen LogP) is 3.87. The molecule has 37 heavy (non-hydrogen) atoms. The van der Waals surface area contributed by atoms with Crippen LogP contribution in [0.25, 0.3) is 21.9 Å². The molecule has 5 aromatic rings. The number of aryl methyl sites for hydroxylation is 2. The third kappa shape index (κ3) is 3.99. The lowest BCUT2D eigenvalue weighted by molar-refractivity contribution is 0.472. The van der Waals surface area contributed by atoms with Crippen LogP contribution in [-0.2, 0) is 19.5 Å². The Balaban J connectivity index is 1.19. The number of rotatable bonds is 5. The van der Waals surface area contributed by atoms with Crippen molar-refractivity contribution in [1.29, 1.82) is 0 Å². The van der Waals surface area contributed by atoms with Crippen molar-refractivity contribution in [1.82, 2.24) is 34.6 Å². The Morgan fingerprint density at radius 2 is 1.92 bits per heavy atom. The molecule has 1 saturated heterocycles. The van der Waals surface area contributed by atoms with Crippen LogP contribution in [-0.4, -0.2) is 48.4 Å². The van der Waals surface area contributed by atoms with Crippen LogP contribution < -0.4 is 16.0 Å². The Bertz CT molecular complexity index is 1630. The number of nitrogens with one attached hydrogen (secondary N) is 3. The van der Waals surface area contributed by atoms with Gasteiger partial charge in [0.25, 0.3) is 0 Å². The van der Waals surface area contributed by atoms with Crippen molar-refractivity contribution in [2.45, 2.75) is 32.5 Å². The zero-order valence-electron chi connectivity index (χ0n) is 20.4. The lowest BCUT2D eigenvalue weighted by Crippen LogP contribution is -2.51. The summed E-state index contributed by atoms with van der Waals surface area (Å²) >= 11 is 0. The average Bonchev–Trinajstić information content (AvgIpc) is 3.43. The number of benzene rings is 1. The van der Waals surface area contributed by atoms with Gasteiger partial charge in [-0.2, -0.15) is 5.10 Å². The highest BCUT2D eigenvalue weighted by Gasteiger charge is 2.20. The first-order valence-corrected chi connectivity index (χ1v) is 12.5. The van der Waals surface area contributed by atoms with Gasteiger partial charge in [-0.25, -0.2) is 14.4 Å². The summed E-state index contributed by atoms with van der Waals surface area (Å²) in [4.78, 5) is 13.3. The topological polar surface area (TPSA) is 97.5 Å². The second-order valence-corrected chi connectivity index (χ2v) is 9.70. The summed E-state index contributed by atoms with van der Waals surface area (Å²) in [5.74, 6) is 2.09. The summed E-state index contributed by atoms with van der Waals surface area (Å²) in [6.07, 6.45) is 9.94. The maximum absolute atomic E-state index is 15.2. The van der Waals surface area contributed by atoms with Gasteiger partial charge in [-0.15, -0.1) is 0 Å². The molecule has 1 fully saturated rings. The van der Waals surface area contributed by atoms with Gasteiger partial charge < -0.3 is 20.5 Å². The molecule has 0 saturated carbocycles. The molecule has 2 aliphatic rings. The summed E-state index contributed by atoms with van der Waals surface area (Å²) in [7, 11) is 0. The number of aromatic nitrogens is 6. The quantitative estimate of drug-likeness (QED) is 0.341. The molecule has 10 heteroatoms. The van der Waals surface area contributed by atoms with Crippen LogP contribution in [0.1, 0.15) is 17.1 Å². The third-order valence-corrected chi connectivity index (χ3v) is 7.28. The van der Waals surface area contributed by atoms with E-state index >= 15 is 4.39 Å². The first-order chi connectivity index (χ1) is 18.1. The molecule has 7 rings (SSSR count). The largest absolute Gasteiger partial charge is 0.378 e. The van der Waals surface area contributed by atoms with Crippen molar-refractivity contribution in [3.8, 4) is 11.1 Å².